The predicted molar refractivity (Wildman–Crippen MR) is 52.9 cm³/mol. The summed E-state index contributed by atoms with van der Waals surface area (Å²) >= 11 is 0. The van der Waals surface area contributed by atoms with Crippen molar-refractivity contribution in [1.82, 2.24) is 9.97 Å². The average molecular weight is 205 g/mol. The van der Waals surface area contributed by atoms with Crippen molar-refractivity contribution < 1.29 is 9.13 Å². The highest BCUT2D eigenvalue weighted by molar-refractivity contribution is 5.52. The summed E-state index contributed by atoms with van der Waals surface area (Å²) in [5.74, 6) is 0.566. The molecule has 4 nitrogen and oxygen atoms in total. The van der Waals surface area contributed by atoms with Crippen LogP contribution in [-0.4, -0.2) is 9.97 Å². The molecule has 0 radical (unpaired) electrons. The Hall–Kier alpha value is -2.17. The predicted octanol–water partition coefficient (Wildman–Crippen LogP) is 1.99. The van der Waals surface area contributed by atoms with Crippen LogP contribution >= 0.6 is 0 Å². The molecular weight excluding hydrogens is 197 g/mol. The molecule has 0 saturated carbocycles. The van der Waals surface area contributed by atoms with Crippen LogP contribution in [0.25, 0.3) is 0 Å². The molecule has 0 unspecified atom stereocenters. The van der Waals surface area contributed by atoms with E-state index in [4.69, 9.17) is 10.5 Å². The van der Waals surface area contributed by atoms with Gasteiger partial charge in [0.05, 0.1) is 5.69 Å². The van der Waals surface area contributed by atoms with Crippen LogP contribution < -0.4 is 10.5 Å². The minimum Gasteiger partial charge on any atom is -0.437 e. The Bertz CT molecular complexity index is 476. The number of nitrogens with zero attached hydrogens (tertiary/aromatic N) is 2. The van der Waals surface area contributed by atoms with Crippen LogP contribution in [0.15, 0.2) is 36.5 Å². The number of para-hydroxylation sites is 2. The second-order valence-corrected chi connectivity index (χ2v) is 2.80. The van der Waals surface area contributed by atoms with Gasteiger partial charge in [-0.15, -0.1) is 0 Å². The first-order chi connectivity index (χ1) is 7.25. The molecule has 76 valence electrons. The molecule has 15 heavy (non-hydrogen) atoms. The molecule has 5 heteroatoms. The zero-order chi connectivity index (χ0) is 10.7. The third kappa shape index (κ3) is 2.19. The van der Waals surface area contributed by atoms with E-state index in [9.17, 15) is 4.39 Å². The second-order valence-electron chi connectivity index (χ2n) is 2.80. The Labute approximate surface area is 85.5 Å². The second kappa shape index (κ2) is 3.91. The molecule has 0 aliphatic carbocycles. The first kappa shape index (κ1) is 9.39. The lowest BCUT2D eigenvalue weighted by molar-refractivity contribution is 0.436. The molecule has 2 aromatic rings. The molecule has 0 saturated heterocycles. The molecule has 2 N–H and O–H groups in total. The van der Waals surface area contributed by atoms with E-state index in [1.807, 2.05) is 0 Å². The van der Waals surface area contributed by atoms with Gasteiger partial charge in [-0.1, -0.05) is 12.1 Å². The maximum Gasteiger partial charge on any atom is 0.311 e. The third-order valence-corrected chi connectivity index (χ3v) is 1.73. The van der Waals surface area contributed by atoms with Crippen LogP contribution in [0.1, 0.15) is 0 Å². The molecule has 0 bridgehead atoms. The number of rotatable bonds is 2. The van der Waals surface area contributed by atoms with Crippen LogP contribution in [-0.2, 0) is 0 Å². The van der Waals surface area contributed by atoms with Gasteiger partial charge >= 0.3 is 6.08 Å². The van der Waals surface area contributed by atoms with E-state index in [1.54, 1.807) is 24.3 Å². The Morgan fingerprint density at radius 2 is 2.00 bits per heavy atom. The van der Waals surface area contributed by atoms with E-state index in [1.165, 1.54) is 12.3 Å². The van der Waals surface area contributed by atoms with Gasteiger partial charge < -0.3 is 10.5 Å². The van der Waals surface area contributed by atoms with E-state index in [0.717, 1.165) is 0 Å². The standard InChI is InChI=1S/C10H8FN3O/c11-10-13-6-5-9(14-10)15-8-4-2-1-3-7(8)12/h1-6H,12H2. The summed E-state index contributed by atoms with van der Waals surface area (Å²) in [6.45, 7) is 0. The van der Waals surface area contributed by atoms with Gasteiger partial charge in [-0.05, 0) is 12.1 Å². The molecular formula is C10H8FN3O. The highest BCUT2D eigenvalue weighted by atomic mass is 19.1. The number of hydrogen-bond acceptors (Lipinski definition) is 4. The molecule has 0 atom stereocenters. The summed E-state index contributed by atoms with van der Waals surface area (Å²) in [4.78, 5) is 6.77. The van der Waals surface area contributed by atoms with Crippen molar-refractivity contribution in [2.45, 2.75) is 0 Å². The molecule has 1 aromatic heterocycles. The van der Waals surface area contributed by atoms with Gasteiger partial charge in [-0.3, -0.25) is 0 Å². The maximum absolute atomic E-state index is 12.6. The van der Waals surface area contributed by atoms with Crippen molar-refractivity contribution in [3.8, 4) is 11.6 Å². The molecule has 1 aromatic carbocycles. The van der Waals surface area contributed by atoms with E-state index in [0.29, 0.717) is 11.4 Å². The first-order valence-electron chi connectivity index (χ1n) is 4.26. The smallest absolute Gasteiger partial charge is 0.311 e. The van der Waals surface area contributed by atoms with E-state index >= 15 is 0 Å². The SMILES string of the molecule is Nc1ccccc1Oc1ccnc(F)n1. The molecule has 0 fully saturated rings. The fourth-order valence-electron chi connectivity index (χ4n) is 1.06. The zero-order valence-corrected chi connectivity index (χ0v) is 7.72. The van der Waals surface area contributed by atoms with Gasteiger partial charge in [-0.25, -0.2) is 4.98 Å². The summed E-state index contributed by atoms with van der Waals surface area (Å²) in [5.41, 5.74) is 6.11. The first-order valence-corrected chi connectivity index (χ1v) is 4.26. The van der Waals surface area contributed by atoms with E-state index < -0.39 is 6.08 Å². The van der Waals surface area contributed by atoms with E-state index in [2.05, 4.69) is 9.97 Å². The van der Waals surface area contributed by atoms with Crippen LogP contribution in [0.3, 0.4) is 0 Å². The maximum atomic E-state index is 12.6. The number of anilines is 1. The average Bonchev–Trinajstić information content (AvgIpc) is 2.22. The fourth-order valence-corrected chi connectivity index (χ4v) is 1.06. The minimum absolute atomic E-state index is 0.125. The topological polar surface area (TPSA) is 61.0 Å². The number of ether oxygens (including phenoxy) is 1. The Morgan fingerprint density at radius 3 is 2.73 bits per heavy atom. The third-order valence-electron chi connectivity index (χ3n) is 1.73. The number of nitrogen functional groups attached to an aromatic ring is 1. The van der Waals surface area contributed by atoms with Gasteiger partial charge in [0.25, 0.3) is 0 Å². The van der Waals surface area contributed by atoms with Gasteiger partial charge in [-0.2, -0.15) is 9.37 Å². The Balaban J connectivity index is 2.26. The zero-order valence-electron chi connectivity index (χ0n) is 7.72. The molecule has 0 spiro atoms. The molecule has 1 heterocycles. The summed E-state index contributed by atoms with van der Waals surface area (Å²) in [6, 6.07) is 8.36. The normalized spacial score (nSPS) is 9.93. The summed E-state index contributed by atoms with van der Waals surface area (Å²) in [5, 5.41) is 0. The van der Waals surface area contributed by atoms with Gasteiger partial charge in [0, 0.05) is 12.3 Å². The Morgan fingerprint density at radius 1 is 1.20 bits per heavy atom. The molecule has 0 amide bonds. The lowest BCUT2D eigenvalue weighted by Crippen LogP contribution is -1.95. The van der Waals surface area contributed by atoms with Crippen molar-refractivity contribution in [2.24, 2.45) is 0 Å². The molecule has 0 aliphatic rings. The van der Waals surface area contributed by atoms with Crippen LogP contribution in [0, 0.1) is 6.08 Å². The van der Waals surface area contributed by atoms with Gasteiger partial charge in [0.2, 0.25) is 5.88 Å². The number of hydrogen-bond donors (Lipinski definition) is 1. The summed E-state index contributed by atoms with van der Waals surface area (Å²) in [6.07, 6.45) is 0.443. The monoisotopic (exact) mass is 205 g/mol. The lowest BCUT2D eigenvalue weighted by Gasteiger charge is -2.06. The fraction of sp³-hybridized carbons (Fsp3) is 0. The van der Waals surface area contributed by atoms with Crippen molar-refractivity contribution in [2.75, 3.05) is 5.73 Å². The van der Waals surface area contributed by atoms with E-state index in [-0.39, 0.29) is 5.88 Å². The van der Waals surface area contributed by atoms with Crippen LogP contribution in [0.2, 0.25) is 0 Å². The highest BCUT2D eigenvalue weighted by Crippen LogP contribution is 2.24. The van der Waals surface area contributed by atoms with Gasteiger partial charge in [0.15, 0.2) is 5.75 Å². The molecule has 0 aliphatic heterocycles. The number of nitrogens with two attached hydrogens (primary N) is 1. The summed E-state index contributed by atoms with van der Waals surface area (Å²) < 4.78 is 17.9. The van der Waals surface area contributed by atoms with Crippen molar-refractivity contribution >= 4 is 5.69 Å². The van der Waals surface area contributed by atoms with Crippen LogP contribution in [0.5, 0.6) is 11.6 Å². The van der Waals surface area contributed by atoms with Crippen LogP contribution in [0.4, 0.5) is 10.1 Å². The quantitative estimate of drug-likeness (QED) is 0.601. The number of benzene rings is 1. The number of aromatic nitrogens is 2. The van der Waals surface area contributed by atoms with Crippen molar-refractivity contribution in [3.05, 3.63) is 42.6 Å². The van der Waals surface area contributed by atoms with Gasteiger partial charge in [0.1, 0.15) is 0 Å². The highest BCUT2D eigenvalue weighted by Gasteiger charge is 2.03. The lowest BCUT2D eigenvalue weighted by atomic mass is 10.3. The Kier molecular flexibility index (Phi) is 2.45. The summed E-state index contributed by atoms with van der Waals surface area (Å²) in [7, 11) is 0. The molecule has 2 rings (SSSR count). The number of halogens is 1. The largest absolute Gasteiger partial charge is 0.437 e. The minimum atomic E-state index is -0.831. The van der Waals surface area contributed by atoms with Crippen molar-refractivity contribution in [1.29, 1.82) is 0 Å². The van der Waals surface area contributed by atoms with Crippen molar-refractivity contribution in [3.63, 3.8) is 0 Å².